The van der Waals surface area contributed by atoms with Gasteiger partial charge in [0.2, 0.25) is 5.91 Å². The molecular formula is C13H15BrClNO3. The molecular weight excluding hydrogens is 334 g/mol. The Morgan fingerprint density at radius 3 is 2.53 bits per heavy atom. The molecule has 0 aliphatic rings. The third kappa shape index (κ3) is 3.94. The second-order valence-corrected chi connectivity index (χ2v) is 5.39. The fraction of sp³-hybridized carbons (Fsp3) is 0.385. The number of halogens is 2. The maximum Gasteiger partial charge on any atom is 0.331 e. The lowest BCUT2D eigenvalue weighted by Gasteiger charge is -2.28. The number of hydrogen-bond donors (Lipinski definition) is 1. The summed E-state index contributed by atoms with van der Waals surface area (Å²) in [6.45, 7) is 3.65. The number of nitrogens with zero attached hydrogens (tertiary/aromatic N) is 1. The molecule has 19 heavy (non-hydrogen) atoms. The number of carbonyl (C=O) groups is 2. The fourth-order valence-corrected chi connectivity index (χ4v) is 2.28. The number of rotatable bonds is 5. The summed E-state index contributed by atoms with van der Waals surface area (Å²) >= 11 is 9.23. The van der Waals surface area contributed by atoms with Gasteiger partial charge in [0.25, 0.3) is 0 Å². The Morgan fingerprint density at radius 1 is 1.47 bits per heavy atom. The molecule has 1 atom stereocenters. The van der Waals surface area contributed by atoms with Gasteiger partial charge in [-0.05, 0) is 40.0 Å². The van der Waals surface area contributed by atoms with Crippen molar-refractivity contribution in [1.29, 1.82) is 0 Å². The smallest absolute Gasteiger partial charge is 0.331 e. The van der Waals surface area contributed by atoms with Crippen LogP contribution >= 0.6 is 27.5 Å². The average Bonchev–Trinajstić information content (AvgIpc) is 2.32. The predicted molar refractivity (Wildman–Crippen MR) is 77.2 cm³/mol. The highest BCUT2D eigenvalue weighted by Gasteiger charge is 2.29. The lowest BCUT2D eigenvalue weighted by atomic mass is 10.0. The van der Waals surface area contributed by atoms with Crippen molar-refractivity contribution < 1.29 is 14.7 Å². The van der Waals surface area contributed by atoms with Gasteiger partial charge in [-0.25, -0.2) is 4.79 Å². The summed E-state index contributed by atoms with van der Waals surface area (Å²) in [6, 6.07) is 3.89. The van der Waals surface area contributed by atoms with Crippen LogP contribution in [0.4, 0.5) is 0 Å². The monoisotopic (exact) mass is 347 g/mol. The molecule has 1 aromatic carbocycles. The molecule has 0 aliphatic heterocycles. The molecule has 0 saturated carbocycles. The number of amides is 1. The summed E-state index contributed by atoms with van der Waals surface area (Å²) < 4.78 is 0.687. The van der Waals surface area contributed by atoms with E-state index in [9.17, 15) is 14.7 Å². The highest BCUT2D eigenvalue weighted by Crippen LogP contribution is 2.29. The first-order valence-electron chi connectivity index (χ1n) is 5.83. The molecule has 0 aromatic heterocycles. The van der Waals surface area contributed by atoms with Crippen LogP contribution in [-0.2, 0) is 9.59 Å². The second-order valence-electron chi connectivity index (χ2n) is 4.13. The average molecular weight is 349 g/mol. The van der Waals surface area contributed by atoms with Crippen LogP contribution < -0.4 is 0 Å². The van der Waals surface area contributed by atoms with Crippen LogP contribution in [0.15, 0.2) is 22.7 Å². The van der Waals surface area contributed by atoms with Crippen LogP contribution in [0.3, 0.4) is 0 Å². The van der Waals surface area contributed by atoms with Crippen molar-refractivity contribution in [1.82, 2.24) is 4.90 Å². The van der Waals surface area contributed by atoms with Gasteiger partial charge in [0.1, 0.15) is 0 Å². The van der Waals surface area contributed by atoms with Gasteiger partial charge in [-0.15, -0.1) is 0 Å². The van der Waals surface area contributed by atoms with E-state index < -0.39 is 12.0 Å². The third-order valence-electron chi connectivity index (χ3n) is 2.67. The van der Waals surface area contributed by atoms with E-state index in [0.717, 1.165) is 0 Å². The van der Waals surface area contributed by atoms with Crippen molar-refractivity contribution in [2.24, 2.45) is 0 Å². The summed E-state index contributed by atoms with van der Waals surface area (Å²) in [6.07, 6.45) is 0.688. The minimum absolute atomic E-state index is 0.270. The second kappa shape index (κ2) is 6.91. The number of carboxylic acid groups (broad SMARTS) is 1. The van der Waals surface area contributed by atoms with Gasteiger partial charge in [-0.1, -0.05) is 24.6 Å². The summed E-state index contributed by atoms with van der Waals surface area (Å²) in [5.41, 5.74) is 0.490. The topological polar surface area (TPSA) is 57.6 Å². The van der Waals surface area contributed by atoms with Crippen LogP contribution in [0, 0.1) is 0 Å². The van der Waals surface area contributed by atoms with Crippen LogP contribution in [-0.4, -0.2) is 28.4 Å². The molecule has 0 aliphatic carbocycles. The van der Waals surface area contributed by atoms with Crippen molar-refractivity contribution in [2.45, 2.75) is 26.3 Å². The Kier molecular flexibility index (Phi) is 5.82. The van der Waals surface area contributed by atoms with Gasteiger partial charge in [-0.2, -0.15) is 0 Å². The Morgan fingerprint density at radius 2 is 2.11 bits per heavy atom. The van der Waals surface area contributed by atoms with Crippen LogP contribution in [0.25, 0.3) is 0 Å². The predicted octanol–water partition coefficient (Wildman–Crippen LogP) is 3.49. The molecule has 0 spiro atoms. The van der Waals surface area contributed by atoms with Crippen LogP contribution in [0.1, 0.15) is 31.9 Å². The zero-order chi connectivity index (χ0) is 14.6. The zero-order valence-corrected chi connectivity index (χ0v) is 13.0. The Labute approximate surface area is 125 Å². The summed E-state index contributed by atoms with van der Waals surface area (Å²) in [4.78, 5) is 24.4. The summed E-state index contributed by atoms with van der Waals surface area (Å²) in [5.74, 6) is -1.34. The molecule has 0 fully saturated rings. The van der Waals surface area contributed by atoms with E-state index in [2.05, 4.69) is 15.9 Å². The molecule has 104 valence electrons. The van der Waals surface area contributed by atoms with Crippen molar-refractivity contribution in [3.05, 3.63) is 33.3 Å². The molecule has 1 N–H and O–H groups in total. The quantitative estimate of drug-likeness (QED) is 0.886. The first-order valence-corrected chi connectivity index (χ1v) is 7.00. The molecule has 1 rings (SSSR count). The maximum atomic E-state index is 11.6. The number of carbonyl (C=O) groups excluding carboxylic acids is 1. The lowest BCUT2D eigenvalue weighted by Crippen LogP contribution is -2.38. The van der Waals surface area contributed by atoms with Gasteiger partial charge >= 0.3 is 5.97 Å². The van der Waals surface area contributed by atoms with Crippen LogP contribution in [0.2, 0.25) is 5.02 Å². The highest BCUT2D eigenvalue weighted by atomic mass is 79.9. The van der Waals surface area contributed by atoms with E-state index in [1.165, 1.54) is 11.8 Å². The molecule has 1 unspecified atom stereocenters. The van der Waals surface area contributed by atoms with Gasteiger partial charge in [0.05, 0.1) is 5.02 Å². The minimum Gasteiger partial charge on any atom is -0.479 e. The minimum atomic E-state index is -1.07. The van der Waals surface area contributed by atoms with Gasteiger partial charge < -0.3 is 10.0 Å². The fourth-order valence-electron chi connectivity index (χ4n) is 1.85. The van der Waals surface area contributed by atoms with Crippen LogP contribution in [0.5, 0.6) is 0 Å². The van der Waals surface area contributed by atoms with Gasteiger partial charge in [0.15, 0.2) is 6.04 Å². The van der Waals surface area contributed by atoms with E-state index >= 15 is 0 Å². The normalized spacial score (nSPS) is 12.0. The van der Waals surface area contributed by atoms with Gasteiger partial charge in [-0.3, -0.25) is 4.79 Å². The number of aliphatic carboxylic acids is 1. The molecule has 0 bridgehead atoms. The molecule has 1 aromatic rings. The molecule has 6 heteroatoms. The number of hydrogen-bond acceptors (Lipinski definition) is 2. The van der Waals surface area contributed by atoms with Crippen molar-refractivity contribution in [3.63, 3.8) is 0 Å². The van der Waals surface area contributed by atoms with Gasteiger partial charge in [0, 0.05) is 17.9 Å². The van der Waals surface area contributed by atoms with Crippen molar-refractivity contribution in [3.8, 4) is 0 Å². The first kappa shape index (κ1) is 16.0. The van der Waals surface area contributed by atoms with Crippen molar-refractivity contribution >= 4 is 39.4 Å². The molecule has 4 nitrogen and oxygen atoms in total. The van der Waals surface area contributed by atoms with E-state index in [1.807, 2.05) is 6.92 Å². The maximum absolute atomic E-state index is 11.6. The van der Waals surface area contributed by atoms with E-state index in [0.29, 0.717) is 28.0 Å². The van der Waals surface area contributed by atoms with E-state index in [4.69, 9.17) is 11.6 Å². The molecule has 0 saturated heterocycles. The SMILES string of the molecule is CCCN(C(C)=O)C(C(=O)O)c1ccc(Br)c(Cl)c1. The Hall–Kier alpha value is -1.07. The molecule has 0 radical (unpaired) electrons. The molecule has 1 amide bonds. The zero-order valence-electron chi connectivity index (χ0n) is 10.7. The first-order chi connectivity index (χ1) is 8.88. The largest absolute Gasteiger partial charge is 0.479 e. The van der Waals surface area contributed by atoms with E-state index in [-0.39, 0.29) is 5.91 Å². The Balaban J connectivity index is 3.21. The highest BCUT2D eigenvalue weighted by molar-refractivity contribution is 9.10. The standard InChI is InChI=1S/C13H15BrClNO3/c1-3-6-16(8(2)17)12(13(18)19)9-4-5-10(14)11(15)7-9/h4-5,7,12H,3,6H2,1-2H3,(H,18,19). The summed E-state index contributed by atoms with van der Waals surface area (Å²) in [5, 5.41) is 9.80. The third-order valence-corrected chi connectivity index (χ3v) is 3.91. The van der Waals surface area contributed by atoms with E-state index in [1.54, 1.807) is 18.2 Å². The Bertz CT molecular complexity index is 493. The summed E-state index contributed by atoms with van der Waals surface area (Å²) in [7, 11) is 0. The van der Waals surface area contributed by atoms with Crippen molar-refractivity contribution in [2.75, 3.05) is 6.54 Å². The molecule has 0 heterocycles. The number of carboxylic acids is 1. The lowest BCUT2D eigenvalue weighted by molar-refractivity contribution is -0.149. The number of benzene rings is 1.